The summed E-state index contributed by atoms with van der Waals surface area (Å²) in [5.74, 6) is 0.149. The van der Waals surface area contributed by atoms with Gasteiger partial charge in [0.05, 0.1) is 23.3 Å². The standard InChI is InChI=1S/C18H16Cl2N2O3S/c1-25-18(24)11-7-12(19)9-13(8-11)21-17(23)15-10-14(3-4-16(15)20)22-5-2-6-26-22/h3-4,7-10H,2,5-6H2,1H3,(H,21,23). The van der Waals surface area contributed by atoms with E-state index >= 15 is 0 Å². The van der Waals surface area contributed by atoms with Gasteiger partial charge < -0.3 is 14.4 Å². The fourth-order valence-electron chi connectivity index (χ4n) is 2.59. The van der Waals surface area contributed by atoms with Gasteiger partial charge in [0.25, 0.3) is 5.91 Å². The number of carbonyl (C=O) groups excluding carboxylic acids is 2. The average molecular weight is 411 g/mol. The summed E-state index contributed by atoms with van der Waals surface area (Å²) in [6.45, 7) is 0.935. The lowest BCUT2D eigenvalue weighted by molar-refractivity contribution is 0.0600. The van der Waals surface area contributed by atoms with E-state index in [0.29, 0.717) is 21.3 Å². The number of nitrogens with one attached hydrogen (secondary N) is 1. The fraction of sp³-hybridized carbons (Fsp3) is 0.222. The molecule has 1 saturated heterocycles. The second-order valence-electron chi connectivity index (χ2n) is 5.63. The van der Waals surface area contributed by atoms with E-state index in [1.54, 1.807) is 30.1 Å². The van der Waals surface area contributed by atoms with Crippen molar-refractivity contribution in [3.63, 3.8) is 0 Å². The van der Waals surface area contributed by atoms with Gasteiger partial charge in [0.15, 0.2) is 0 Å². The molecule has 0 radical (unpaired) electrons. The van der Waals surface area contributed by atoms with Crippen LogP contribution in [0.4, 0.5) is 11.4 Å². The Labute approximate surface area is 165 Å². The minimum absolute atomic E-state index is 0.253. The van der Waals surface area contributed by atoms with Gasteiger partial charge in [0.1, 0.15) is 0 Å². The Balaban J connectivity index is 1.85. The van der Waals surface area contributed by atoms with Crippen LogP contribution in [0.25, 0.3) is 0 Å². The molecule has 8 heteroatoms. The third kappa shape index (κ3) is 4.26. The van der Waals surface area contributed by atoms with Crippen molar-refractivity contribution in [3.8, 4) is 0 Å². The molecule has 26 heavy (non-hydrogen) atoms. The molecule has 1 fully saturated rings. The van der Waals surface area contributed by atoms with Crippen LogP contribution >= 0.6 is 35.1 Å². The van der Waals surface area contributed by atoms with Crippen LogP contribution < -0.4 is 9.62 Å². The highest BCUT2D eigenvalue weighted by atomic mass is 35.5. The van der Waals surface area contributed by atoms with E-state index in [4.69, 9.17) is 23.2 Å². The molecule has 2 aromatic rings. The Morgan fingerprint density at radius 2 is 2.00 bits per heavy atom. The van der Waals surface area contributed by atoms with Crippen molar-refractivity contribution >= 4 is 58.4 Å². The molecule has 136 valence electrons. The number of carbonyl (C=O) groups is 2. The minimum atomic E-state index is -0.533. The van der Waals surface area contributed by atoms with Crippen LogP contribution in [0, 0.1) is 0 Å². The zero-order chi connectivity index (χ0) is 18.7. The Morgan fingerprint density at radius 1 is 1.19 bits per heavy atom. The molecule has 0 bridgehead atoms. The van der Waals surface area contributed by atoms with E-state index in [0.717, 1.165) is 24.4 Å². The van der Waals surface area contributed by atoms with Crippen molar-refractivity contribution < 1.29 is 14.3 Å². The molecule has 0 unspecified atom stereocenters. The topological polar surface area (TPSA) is 58.6 Å². The molecule has 0 spiro atoms. The summed E-state index contributed by atoms with van der Waals surface area (Å²) in [5.41, 5.74) is 1.93. The molecular formula is C18H16Cl2N2O3S. The second-order valence-corrected chi connectivity index (χ2v) is 7.58. The molecule has 0 aliphatic carbocycles. The zero-order valence-electron chi connectivity index (χ0n) is 13.9. The average Bonchev–Trinajstić information content (AvgIpc) is 3.15. The summed E-state index contributed by atoms with van der Waals surface area (Å²) in [6, 6.07) is 9.90. The summed E-state index contributed by atoms with van der Waals surface area (Å²) in [6.07, 6.45) is 1.10. The van der Waals surface area contributed by atoms with Crippen LogP contribution in [0.1, 0.15) is 27.1 Å². The molecule has 1 aliphatic rings. The maximum atomic E-state index is 12.7. The second kappa shape index (κ2) is 8.20. The molecule has 1 amide bonds. The van der Waals surface area contributed by atoms with E-state index in [-0.39, 0.29) is 11.5 Å². The Kier molecular flexibility index (Phi) is 5.96. The van der Waals surface area contributed by atoms with E-state index in [2.05, 4.69) is 14.4 Å². The van der Waals surface area contributed by atoms with Crippen molar-refractivity contribution in [3.05, 3.63) is 57.6 Å². The molecule has 1 N–H and O–H groups in total. The quantitative estimate of drug-likeness (QED) is 0.574. The van der Waals surface area contributed by atoms with Crippen molar-refractivity contribution in [1.82, 2.24) is 0 Å². The third-order valence-electron chi connectivity index (χ3n) is 3.81. The van der Waals surface area contributed by atoms with E-state index in [1.807, 2.05) is 6.07 Å². The van der Waals surface area contributed by atoms with Gasteiger partial charge in [0, 0.05) is 28.7 Å². The number of rotatable bonds is 4. The molecular weight excluding hydrogens is 395 g/mol. The van der Waals surface area contributed by atoms with Gasteiger partial charge >= 0.3 is 5.97 Å². The zero-order valence-corrected chi connectivity index (χ0v) is 16.2. The van der Waals surface area contributed by atoms with Gasteiger partial charge in [-0.25, -0.2) is 4.79 Å². The van der Waals surface area contributed by atoms with Gasteiger partial charge in [0.2, 0.25) is 0 Å². The molecule has 0 atom stereocenters. The Morgan fingerprint density at radius 3 is 2.69 bits per heavy atom. The first-order valence-corrected chi connectivity index (χ1v) is 9.58. The predicted molar refractivity (Wildman–Crippen MR) is 107 cm³/mol. The Bertz CT molecular complexity index is 854. The van der Waals surface area contributed by atoms with Crippen molar-refractivity contribution in [1.29, 1.82) is 0 Å². The highest BCUT2D eigenvalue weighted by Crippen LogP contribution is 2.31. The number of amides is 1. The highest BCUT2D eigenvalue weighted by Gasteiger charge is 2.18. The van der Waals surface area contributed by atoms with Crippen LogP contribution in [-0.4, -0.2) is 31.3 Å². The largest absolute Gasteiger partial charge is 0.465 e. The van der Waals surface area contributed by atoms with Crippen molar-refractivity contribution in [2.45, 2.75) is 6.42 Å². The van der Waals surface area contributed by atoms with Crippen molar-refractivity contribution in [2.24, 2.45) is 0 Å². The number of nitrogens with zero attached hydrogens (tertiary/aromatic N) is 1. The lowest BCUT2D eigenvalue weighted by Crippen LogP contribution is -2.15. The predicted octanol–water partition coefficient (Wildman–Crippen LogP) is 4.89. The lowest BCUT2D eigenvalue weighted by Gasteiger charge is -2.17. The SMILES string of the molecule is COC(=O)c1cc(Cl)cc(NC(=O)c2cc(N3CCCS3)ccc2Cl)c1. The number of esters is 1. The van der Waals surface area contributed by atoms with Crippen molar-refractivity contribution in [2.75, 3.05) is 29.0 Å². The number of benzene rings is 2. The third-order valence-corrected chi connectivity index (χ3v) is 5.54. The Hall–Kier alpha value is -1.89. The summed E-state index contributed by atoms with van der Waals surface area (Å²) in [7, 11) is 1.28. The van der Waals surface area contributed by atoms with Gasteiger partial charge in [-0.05, 0) is 54.8 Å². The molecule has 5 nitrogen and oxygen atoms in total. The lowest BCUT2D eigenvalue weighted by atomic mass is 10.1. The molecule has 1 heterocycles. The van der Waals surface area contributed by atoms with Crippen LogP contribution in [-0.2, 0) is 4.74 Å². The van der Waals surface area contributed by atoms with Gasteiger partial charge in [-0.15, -0.1) is 0 Å². The molecule has 0 saturated carbocycles. The normalized spacial score (nSPS) is 13.6. The summed E-state index contributed by atoms with van der Waals surface area (Å²) < 4.78 is 6.83. The number of ether oxygens (including phenoxy) is 1. The maximum absolute atomic E-state index is 12.7. The number of hydrogen-bond acceptors (Lipinski definition) is 5. The van der Waals surface area contributed by atoms with E-state index in [9.17, 15) is 9.59 Å². The molecule has 3 rings (SSSR count). The molecule has 0 aromatic heterocycles. The van der Waals surface area contributed by atoms with Crippen LogP contribution in [0.3, 0.4) is 0 Å². The summed E-state index contributed by atoms with van der Waals surface area (Å²) in [5, 5.41) is 3.40. The first kappa shape index (κ1) is 18.9. The van der Waals surface area contributed by atoms with Gasteiger partial charge in [-0.3, -0.25) is 4.79 Å². The maximum Gasteiger partial charge on any atom is 0.337 e. The monoisotopic (exact) mass is 410 g/mol. The number of hydrogen-bond donors (Lipinski definition) is 1. The molecule has 2 aromatic carbocycles. The van der Waals surface area contributed by atoms with E-state index < -0.39 is 5.97 Å². The first-order valence-electron chi connectivity index (χ1n) is 7.88. The minimum Gasteiger partial charge on any atom is -0.465 e. The van der Waals surface area contributed by atoms with Crippen LogP contribution in [0.15, 0.2) is 36.4 Å². The molecule has 1 aliphatic heterocycles. The van der Waals surface area contributed by atoms with Crippen LogP contribution in [0.2, 0.25) is 10.0 Å². The smallest absolute Gasteiger partial charge is 0.337 e. The fourth-order valence-corrected chi connectivity index (χ4v) is 4.03. The van der Waals surface area contributed by atoms with Gasteiger partial charge in [-0.2, -0.15) is 0 Å². The summed E-state index contributed by atoms with van der Waals surface area (Å²) >= 11 is 14.0. The first-order chi connectivity index (χ1) is 12.5. The highest BCUT2D eigenvalue weighted by molar-refractivity contribution is 8.00. The van der Waals surface area contributed by atoms with E-state index in [1.165, 1.54) is 19.2 Å². The van der Waals surface area contributed by atoms with Crippen LogP contribution in [0.5, 0.6) is 0 Å². The number of anilines is 2. The number of methoxy groups -OCH3 is 1. The summed E-state index contributed by atoms with van der Waals surface area (Å²) in [4.78, 5) is 24.4. The van der Waals surface area contributed by atoms with Gasteiger partial charge in [-0.1, -0.05) is 23.2 Å². The number of halogens is 2.